The van der Waals surface area contributed by atoms with E-state index in [1.54, 1.807) is 28.9 Å². The van der Waals surface area contributed by atoms with Gasteiger partial charge >= 0.3 is 7.82 Å². The standard InChI is InChI=1S/C27H27N2O6P/c1-18-16-23-25(19-8-4-2-5-9-19)26(21-10-6-3-7-11-21)28-29(23)27(30)24(18)20-12-14-22(15-13-20)34-17-35-36(31,32)33/h3,6-8,10-15H,2,4-5,9,16-17H2,1H3,(H2,31,32,33). The molecule has 0 spiro atoms. The van der Waals surface area contributed by atoms with E-state index in [0.717, 1.165) is 52.9 Å². The Morgan fingerprint density at radius 2 is 1.78 bits per heavy atom. The summed E-state index contributed by atoms with van der Waals surface area (Å²) in [6.07, 6.45) is 7.24. The second-order valence-corrected chi connectivity index (χ2v) is 10.2. The fourth-order valence-corrected chi connectivity index (χ4v) is 5.05. The van der Waals surface area contributed by atoms with E-state index >= 15 is 0 Å². The molecule has 0 fully saturated rings. The number of carbonyl (C=O) groups is 1. The van der Waals surface area contributed by atoms with Crippen molar-refractivity contribution in [1.29, 1.82) is 0 Å². The lowest BCUT2D eigenvalue weighted by atomic mass is 9.87. The van der Waals surface area contributed by atoms with E-state index in [1.165, 1.54) is 12.0 Å². The number of ether oxygens (including phenoxy) is 1. The van der Waals surface area contributed by atoms with Gasteiger partial charge in [-0.15, -0.1) is 0 Å². The van der Waals surface area contributed by atoms with Gasteiger partial charge in [-0.25, -0.2) is 9.09 Å². The van der Waals surface area contributed by atoms with Crippen LogP contribution in [0.5, 0.6) is 5.75 Å². The molecule has 0 radical (unpaired) electrons. The third-order valence-corrected chi connectivity index (χ3v) is 6.94. The molecule has 2 heterocycles. The summed E-state index contributed by atoms with van der Waals surface area (Å²) in [7, 11) is -4.61. The Kier molecular flexibility index (Phi) is 6.77. The molecule has 1 aliphatic heterocycles. The number of benzene rings is 2. The van der Waals surface area contributed by atoms with E-state index in [2.05, 4.69) is 10.6 Å². The lowest BCUT2D eigenvalue weighted by molar-refractivity contribution is 0.0828. The van der Waals surface area contributed by atoms with E-state index in [1.807, 2.05) is 37.3 Å². The fraction of sp³-hybridized carbons (Fsp3) is 0.259. The number of fused-ring (bicyclic) bond motifs is 1. The number of carbonyl (C=O) groups excluding carboxylic acids is 1. The number of allylic oxidation sites excluding steroid dienone is 4. The predicted octanol–water partition coefficient (Wildman–Crippen LogP) is 5.62. The Morgan fingerprint density at radius 1 is 1.03 bits per heavy atom. The Balaban J connectivity index is 1.48. The third-order valence-electron chi connectivity index (χ3n) is 6.50. The van der Waals surface area contributed by atoms with Gasteiger partial charge in [0.15, 0.2) is 6.79 Å². The van der Waals surface area contributed by atoms with Gasteiger partial charge < -0.3 is 14.5 Å². The van der Waals surface area contributed by atoms with Crippen molar-refractivity contribution >= 4 is 24.9 Å². The molecule has 186 valence electrons. The SMILES string of the molecule is CC1=C(c2ccc(OCOP(=O)(O)O)cc2)C(=O)n2nc(-c3ccccc3)c(C3=CCCCC3)c2C1. The lowest BCUT2D eigenvalue weighted by Crippen LogP contribution is -2.23. The number of hydrogen-bond donors (Lipinski definition) is 2. The van der Waals surface area contributed by atoms with Gasteiger partial charge in [0.2, 0.25) is 0 Å². The van der Waals surface area contributed by atoms with E-state index in [4.69, 9.17) is 19.6 Å². The maximum absolute atomic E-state index is 13.8. The van der Waals surface area contributed by atoms with Crippen LogP contribution in [-0.2, 0) is 15.5 Å². The van der Waals surface area contributed by atoms with Crippen molar-refractivity contribution in [3.05, 3.63) is 83.1 Å². The summed E-state index contributed by atoms with van der Waals surface area (Å²) in [4.78, 5) is 31.3. The molecule has 3 aromatic rings. The van der Waals surface area contributed by atoms with Crippen LogP contribution in [0.15, 0.2) is 66.2 Å². The van der Waals surface area contributed by atoms with Crippen LogP contribution in [0.2, 0.25) is 0 Å². The Bertz CT molecular complexity index is 1400. The molecule has 0 unspecified atom stereocenters. The van der Waals surface area contributed by atoms with Crippen molar-refractivity contribution in [2.45, 2.75) is 39.0 Å². The van der Waals surface area contributed by atoms with Crippen LogP contribution >= 0.6 is 7.82 Å². The highest BCUT2D eigenvalue weighted by Crippen LogP contribution is 2.40. The molecule has 2 aromatic carbocycles. The normalized spacial score (nSPS) is 16.1. The number of aromatic nitrogens is 2. The van der Waals surface area contributed by atoms with E-state index in [0.29, 0.717) is 17.7 Å². The molecular weight excluding hydrogens is 479 g/mol. The zero-order chi connectivity index (χ0) is 25.3. The molecule has 36 heavy (non-hydrogen) atoms. The largest absolute Gasteiger partial charge is 0.472 e. The van der Waals surface area contributed by atoms with E-state index < -0.39 is 14.6 Å². The molecular formula is C27H27N2O6P. The van der Waals surface area contributed by atoms with Crippen LogP contribution in [0.1, 0.15) is 54.2 Å². The van der Waals surface area contributed by atoms with Crippen molar-refractivity contribution in [3.63, 3.8) is 0 Å². The smallest absolute Gasteiger partial charge is 0.467 e. The number of phosphoric ester groups is 1. The number of rotatable bonds is 7. The Hall–Kier alpha value is -3.29. The summed E-state index contributed by atoms with van der Waals surface area (Å²) in [6.45, 7) is 1.39. The van der Waals surface area contributed by atoms with Gasteiger partial charge in [-0.05, 0) is 55.9 Å². The Labute approximate surface area is 209 Å². The zero-order valence-corrected chi connectivity index (χ0v) is 20.8. The molecule has 0 bridgehead atoms. The van der Waals surface area contributed by atoms with E-state index in [-0.39, 0.29) is 5.91 Å². The topological polar surface area (TPSA) is 111 Å². The average Bonchev–Trinajstić information content (AvgIpc) is 3.25. The van der Waals surface area contributed by atoms with Gasteiger partial charge in [0, 0.05) is 23.1 Å². The van der Waals surface area contributed by atoms with Crippen LogP contribution < -0.4 is 4.74 Å². The fourth-order valence-electron chi connectivity index (χ4n) is 4.86. The molecule has 0 amide bonds. The van der Waals surface area contributed by atoms with Crippen molar-refractivity contribution < 1.29 is 28.4 Å². The van der Waals surface area contributed by atoms with Crippen LogP contribution in [0.25, 0.3) is 22.4 Å². The molecule has 0 saturated heterocycles. The molecule has 2 aliphatic rings. The summed E-state index contributed by atoms with van der Waals surface area (Å²) in [6, 6.07) is 16.8. The van der Waals surface area contributed by atoms with Gasteiger partial charge in [0.25, 0.3) is 5.91 Å². The lowest BCUT2D eigenvalue weighted by Gasteiger charge is -2.21. The van der Waals surface area contributed by atoms with Gasteiger partial charge in [0.05, 0.1) is 5.69 Å². The van der Waals surface area contributed by atoms with E-state index in [9.17, 15) is 9.36 Å². The first-order valence-corrected chi connectivity index (χ1v) is 13.4. The van der Waals surface area contributed by atoms with Gasteiger partial charge in [0.1, 0.15) is 11.4 Å². The molecule has 0 saturated carbocycles. The minimum atomic E-state index is -4.61. The Morgan fingerprint density at radius 3 is 2.44 bits per heavy atom. The molecule has 2 N–H and O–H groups in total. The minimum absolute atomic E-state index is 0.174. The summed E-state index contributed by atoms with van der Waals surface area (Å²) in [5, 5.41) is 4.85. The summed E-state index contributed by atoms with van der Waals surface area (Å²) in [5.41, 5.74) is 7.40. The van der Waals surface area contributed by atoms with Crippen LogP contribution in [-0.4, -0.2) is 32.3 Å². The molecule has 8 nitrogen and oxygen atoms in total. The highest BCUT2D eigenvalue weighted by molar-refractivity contribution is 7.46. The van der Waals surface area contributed by atoms with Crippen LogP contribution in [0, 0.1) is 0 Å². The summed E-state index contributed by atoms with van der Waals surface area (Å²) >= 11 is 0. The number of hydrogen-bond acceptors (Lipinski definition) is 5. The van der Waals surface area contributed by atoms with Crippen molar-refractivity contribution in [2.75, 3.05) is 6.79 Å². The monoisotopic (exact) mass is 506 g/mol. The predicted molar refractivity (Wildman–Crippen MR) is 136 cm³/mol. The highest BCUT2D eigenvalue weighted by atomic mass is 31.2. The minimum Gasteiger partial charge on any atom is -0.467 e. The second-order valence-electron chi connectivity index (χ2n) is 8.97. The van der Waals surface area contributed by atoms with Crippen LogP contribution in [0.4, 0.5) is 0 Å². The first kappa shape index (κ1) is 24.4. The van der Waals surface area contributed by atoms with Crippen molar-refractivity contribution in [1.82, 2.24) is 9.78 Å². The first-order chi connectivity index (χ1) is 17.3. The molecule has 1 aliphatic carbocycles. The number of phosphoric acid groups is 1. The van der Waals surface area contributed by atoms with Gasteiger partial charge in [-0.1, -0.05) is 54.1 Å². The first-order valence-electron chi connectivity index (χ1n) is 11.9. The van der Waals surface area contributed by atoms with Crippen molar-refractivity contribution in [3.8, 4) is 17.0 Å². The average molecular weight is 506 g/mol. The summed E-state index contributed by atoms with van der Waals surface area (Å²) < 4.78 is 21.9. The van der Waals surface area contributed by atoms with Crippen molar-refractivity contribution in [2.24, 2.45) is 0 Å². The molecule has 1 aromatic heterocycles. The third kappa shape index (κ3) is 4.99. The molecule has 9 heteroatoms. The highest BCUT2D eigenvalue weighted by Gasteiger charge is 2.32. The van der Waals surface area contributed by atoms with Gasteiger partial charge in [-0.3, -0.25) is 4.79 Å². The van der Waals surface area contributed by atoms with Gasteiger partial charge in [-0.2, -0.15) is 9.78 Å². The van der Waals surface area contributed by atoms with Crippen LogP contribution in [0.3, 0.4) is 0 Å². The zero-order valence-electron chi connectivity index (χ0n) is 19.9. The molecule has 5 rings (SSSR count). The molecule has 0 atom stereocenters. The maximum atomic E-state index is 13.8. The quantitative estimate of drug-likeness (QED) is 0.316. The maximum Gasteiger partial charge on any atom is 0.472 e. The second kappa shape index (κ2) is 9.99. The number of nitrogens with zero attached hydrogens (tertiary/aromatic N) is 2. The summed E-state index contributed by atoms with van der Waals surface area (Å²) in [5.74, 6) is 0.193.